The second-order valence-electron chi connectivity index (χ2n) is 7.19. The number of likely N-dealkylation sites (N-methyl/N-ethyl adjacent to an activating group) is 1. The number of amides is 1. The Morgan fingerprint density at radius 1 is 1.04 bits per heavy atom. The van der Waals surface area contributed by atoms with Crippen LogP contribution < -0.4 is 10.2 Å². The van der Waals surface area contributed by atoms with Crippen molar-refractivity contribution in [2.45, 2.75) is 26.2 Å². The number of hydrogen-bond acceptors (Lipinski definition) is 4. The summed E-state index contributed by atoms with van der Waals surface area (Å²) in [7, 11) is 2.00. The van der Waals surface area contributed by atoms with Crippen LogP contribution in [0.1, 0.15) is 41.3 Å². The first-order valence-corrected chi connectivity index (χ1v) is 9.49. The van der Waals surface area contributed by atoms with Crippen molar-refractivity contribution in [3.05, 3.63) is 83.9 Å². The van der Waals surface area contributed by atoms with Crippen molar-refractivity contribution in [1.82, 2.24) is 9.97 Å². The van der Waals surface area contributed by atoms with Crippen LogP contribution in [-0.2, 0) is 6.42 Å². The molecule has 1 aromatic carbocycles. The van der Waals surface area contributed by atoms with Gasteiger partial charge >= 0.3 is 0 Å². The molecule has 2 aromatic heterocycles. The molecule has 5 nitrogen and oxygen atoms in total. The molecule has 0 fully saturated rings. The SMILES string of the molecule is CC(C)c1ccc(NC(=O)c2cncc(N(C)CCc3ccncc3)c2)cc1. The third-order valence-electron chi connectivity index (χ3n) is 4.75. The molecule has 0 unspecified atom stereocenters. The second kappa shape index (κ2) is 9.13. The Bertz CT molecular complexity index is 907. The lowest BCUT2D eigenvalue weighted by Gasteiger charge is -2.19. The summed E-state index contributed by atoms with van der Waals surface area (Å²) < 4.78 is 0. The zero-order valence-corrected chi connectivity index (χ0v) is 16.6. The normalized spacial score (nSPS) is 10.7. The van der Waals surface area contributed by atoms with E-state index in [9.17, 15) is 4.79 Å². The maximum absolute atomic E-state index is 12.6. The number of carbonyl (C=O) groups excluding carboxylic acids is 1. The highest BCUT2D eigenvalue weighted by Gasteiger charge is 2.10. The Morgan fingerprint density at radius 3 is 2.43 bits per heavy atom. The molecule has 144 valence electrons. The molecule has 0 spiro atoms. The van der Waals surface area contributed by atoms with E-state index in [0.717, 1.165) is 24.3 Å². The van der Waals surface area contributed by atoms with Crippen LogP contribution in [0.5, 0.6) is 0 Å². The number of carbonyl (C=O) groups is 1. The first-order valence-electron chi connectivity index (χ1n) is 9.49. The summed E-state index contributed by atoms with van der Waals surface area (Å²) in [5.74, 6) is 0.308. The highest BCUT2D eigenvalue weighted by atomic mass is 16.1. The summed E-state index contributed by atoms with van der Waals surface area (Å²) in [4.78, 5) is 23.0. The minimum absolute atomic E-state index is 0.158. The average molecular weight is 374 g/mol. The lowest BCUT2D eigenvalue weighted by Crippen LogP contribution is -2.21. The largest absolute Gasteiger partial charge is 0.373 e. The van der Waals surface area contributed by atoms with Crippen LogP contribution in [0.3, 0.4) is 0 Å². The number of hydrogen-bond donors (Lipinski definition) is 1. The third kappa shape index (κ3) is 5.16. The highest BCUT2D eigenvalue weighted by Crippen LogP contribution is 2.19. The zero-order valence-electron chi connectivity index (χ0n) is 16.6. The molecule has 28 heavy (non-hydrogen) atoms. The fourth-order valence-corrected chi connectivity index (χ4v) is 2.89. The summed E-state index contributed by atoms with van der Waals surface area (Å²) >= 11 is 0. The molecule has 5 heteroatoms. The summed E-state index contributed by atoms with van der Waals surface area (Å²) in [6.07, 6.45) is 7.88. The molecule has 0 saturated heterocycles. The van der Waals surface area contributed by atoms with E-state index in [1.54, 1.807) is 24.8 Å². The molecule has 0 aliphatic carbocycles. The predicted octanol–water partition coefficient (Wildman–Crippen LogP) is 4.53. The fourth-order valence-electron chi connectivity index (χ4n) is 2.89. The number of nitrogens with zero attached hydrogens (tertiary/aromatic N) is 3. The fraction of sp³-hybridized carbons (Fsp3) is 0.261. The number of rotatable bonds is 7. The topological polar surface area (TPSA) is 58.1 Å². The molecule has 1 amide bonds. The van der Waals surface area contributed by atoms with Crippen LogP contribution in [0.15, 0.2) is 67.3 Å². The Labute approximate surface area is 166 Å². The van der Waals surface area contributed by atoms with Crippen LogP contribution >= 0.6 is 0 Å². The quantitative estimate of drug-likeness (QED) is 0.660. The van der Waals surface area contributed by atoms with Gasteiger partial charge in [-0.05, 0) is 53.8 Å². The van der Waals surface area contributed by atoms with Gasteiger partial charge in [0.05, 0.1) is 17.4 Å². The summed E-state index contributed by atoms with van der Waals surface area (Å²) in [5, 5.41) is 2.94. The summed E-state index contributed by atoms with van der Waals surface area (Å²) in [6, 6.07) is 13.9. The van der Waals surface area contributed by atoms with Crippen LogP contribution in [0.25, 0.3) is 0 Å². The Morgan fingerprint density at radius 2 is 1.75 bits per heavy atom. The van der Waals surface area contributed by atoms with Gasteiger partial charge in [-0.3, -0.25) is 14.8 Å². The molecule has 1 N–H and O–H groups in total. The van der Waals surface area contributed by atoms with E-state index in [0.29, 0.717) is 11.5 Å². The predicted molar refractivity (Wildman–Crippen MR) is 114 cm³/mol. The number of benzene rings is 1. The molecular formula is C23H26N4O. The zero-order chi connectivity index (χ0) is 19.9. The van der Waals surface area contributed by atoms with E-state index in [4.69, 9.17) is 0 Å². The van der Waals surface area contributed by atoms with Crippen LogP contribution in [-0.4, -0.2) is 29.5 Å². The van der Waals surface area contributed by atoms with Crippen molar-refractivity contribution in [1.29, 1.82) is 0 Å². The van der Waals surface area contributed by atoms with Crippen molar-refractivity contribution < 1.29 is 4.79 Å². The maximum atomic E-state index is 12.6. The molecule has 0 radical (unpaired) electrons. The van der Waals surface area contributed by atoms with Crippen LogP contribution in [0.2, 0.25) is 0 Å². The van der Waals surface area contributed by atoms with E-state index in [-0.39, 0.29) is 5.91 Å². The van der Waals surface area contributed by atoms with Crippen LogP contribution in [0, 0.1) is 0 Å². The summed E-state index contributed by atoms with van der Waals surface area (Å²) in [5.41, 5.74) is 4.72. The van der Waals surface area contributed by atoms with Crippen molar-refractivity contribution >= 4 is 17.3 Å². The molecule has 0 bridgehead atoms. The van der Waals surface area contributed by atoms with E-state index in [1.165, 1.54) is 11.1 Å². The average Bonchev–Trinajstić information content (AvgIpc) is 2.73. The molecule has 3 aromatic rings. The molecule has 0 saturated carbocycles. The van der Waals surface area contributed by atoms with Crippen molar-refractivity contribution in [2.24, 2.45) is 0 Å². The van der Waals surface area contributed by atoms with Crippen molar-refractivity contribution in [3.63, 3.8) is 0 Å². The van der Waals surface area contributed by atoms with Gasteiger partial charge in [0.25, 0.3) is 5.91 Å². The minimum atomic E-state index is -0.158. The molecular weight excluding hydrogens is 348 g/mol. The van der Waals surface area contributed by atoms with E-state index >= 15 is 0 Å². The van der Waals surface area contributed by atoms with Crippen LogP contribution in [0.4, 0.5) is 11.4 Å². The lowest BCUT2D eigenvalue weighted by molar-refractivity contribution is 0.102. The number of nitrogens with one attached hydrogen (secondary N) is 1. The van der Waals surface area contributed by atoms with Gasteiger partial charge < -0.3 is 10.2 Å². The van der Waals surface area contributed by atoms with Gasteiger partial charge in [-0.15, -0.1) is 0 Å². The van der Waals surface area contributed by atoms with Crippen molar-refractivity contribution in [3.8, 4) is 0 Å². The maximum Gasteiger partial charge on any atom is 0.257 e. The van der Waals surface area contributed by atoms with E-state index in [1.807, 2.05) is 49.5 Å². The summed E-state index contributed by atoms with van der Waals surface area (Å²) in [6.45, 7) is 5.12. The first kappa shape index (κ1) is 19.5. The van der Waals surface area contributed by atoms with Gasteiger partial charge in [0.2, 0.25) is 0 Å². The lowest BCUT2D eigenvalue weighted by atomic mass is 10.0. The van der Waals surface area contributed by atoms with Gasteiger partial charge in [0, 0.05) is 37.9 Å². The smallest absolute Gasteiger partial charge is 0.257 e. The van der Waals surface area contributed by atoms with Gasteiger partial charge in [0.15, 0.2) is 0 Å². The number of pyridine rings is 2. The third-order valence-corrected chi connectivity index (χ3v) is 4.75. The second-order valence-corrected chi connectivity index (χ2v) is 7.19. The van der Waals surface area contributed by atoms with Gasteiger partial charge in [-0.2, -0.15) is 0 Å². The number of anilines is 2. The molecule has 3 rings (SSSR count). The van der Waals surface area contributed by atoms with E-state index < -0.39 is 0 Å². The Kier molecular flexibility index (Phi) is 6.37. The molecule has 0 aliphatic rings. The van der Waals surface area contributed by atoms with Gasteiger partial charge in [-0.25, -0.2) is 0 Å². The number of aromatic nitrogens is 2. The van der Waals surface area contributed by atoms with E-state index in [2.05, 4.69) is 34.0 Å². The molecule has 0 aliphatic heterocycles. The minimum Gasteiger partial charge on any atom is -0.373 e. The first-order chi connectivity index (χ1) is 13.5. The van der Waals surface area contributed by atoms with Gasteiger partial charge in [0.1, 0.15) is 0 Å². The monoisotopic (exact) mass is 374 g/mol. The van der Waals surface area contributed by atoms with Crippen molar-refractivity contribution in [2.75, 3.05) is 23.8 Å². The Hall–Kier alpha value is -3.21. The Balaban J connectivity index is 1.63. The molecule has 2 heterocycles. The highest BCUT2D eigenvalue weighted by molar-refractivity contribution is 6.04. The standard InChI is InChI=1S/C23H26N4O/c1-17(2)19-4-6-21(7-5-19)26-23(28)20-14-22(16-25-15-20)27(3)13-10-18-8-11-24-12-9-18/h4-9,11-12,14-17H,10,13H2,1-3H3,(H,26,28). The molecule has 0 atom stereocenters. The van der Waals surface area contributed by atoms with Gasteiger partial charge in [-0.1, -0.05) is 26.0 Å².